The molecule has 0 bridgehead atoms. The minimum atomic E-state index is -0.203. The first-order valence-corrected chi connectivity index (χ1v) is 7.12. The molecule has 3 nitrogen and oxygen atoms in total. The van der Waals surface area contributed by atoms with Crippen molar-refractivity contribution >= 4 is 5.97 Å². The number of carbonyl (C=O) groups is 1. The lowest BCUT2D eigenvalue weighted by molar-refractivity contribution is -0.143. The molecule has 1 aromatic rings. The Balaban J connectivity index is 2.15. The second-order valence-corrected chi connectivity index (χ2v) is 5.31. The molecule has 2 atom stereocenters. The number of piperidine rings is 1. The van der Waals surface area contributed by atoms with Crippen LogP contribution >= 0.6 is 0 Å². The maximum Gasteiger partial charge on any atom is 0.302 e. The smallest absolute Gasteiger partial charge is 0.302 e. The number of likely N-dealkylation sites (tertiary alicyclic amines) is 1. The van der Waals surface area contributed by atoms with Gasteiger partial charge in [-0.3, -0.25) is 9.69 Å². The Labute approximate surface area is 115 Å². The van der Waals surface area contributed by atoms with Crippen molar-refractivity contribution in [3.63, 3.8) is 0 Å². The molecule has 0 amide bonds. The Kier molecular flexibility index (Phi) is 4.97. The van der Waals surface area contributed by atoms with Gasteiger partial charge in [0.15, 0.2) is 0 Å². The highest BCUT2D eigenvalue weighted by Crippen LogP contribution is 2.28. The SMILES string of the molecule is CC(=O)OC[C@@H](c1ccccc1)N1CCCC[C@H]1C. The van der Waals surface area contributed by atoms with Gasteiger partial charge < -0.3 is 4.74 Å². The van der Waals surface area contributed by atoms with E-state index in [0.717, 1.165) is 6.54 Å². The molecular formula is C16H23NO2. The van der Waals surface area contributed by atoms with Gasteiger partial charge in [0.1, 0.15) is 6.61 Å². The zero-order valence-electron chi connectivity index (χ0n) is 11.8. The topological polar surface area (TPSA) is 29.5 Å². The monoisotopic (exact) mass is 261 g/mol. The molecule has 2 rings (SSSR count). The Morgan fingerprint density at radius 2 is 2.11 bits per heavy atom. The van der Waals surface area contributed by atoms with Crippen molar-refractivity contribution in [2.24, 2.45) is 0 Å². The molecule has 0 aromatic heterocycles. The highest BCUT2D eigenvalue weighted by Gasteiger charge is 2.27. The summed E-state index contributed by atoms with van der Waals surface area (Å²) >= 11 is 0. The van der Waals surface area contributed by atoms with E-state index in [2.05, 4.69) is 24.0 Å². The summed E-state index contributed by atoms with van der Waals surface area (Å²) < 4.78 is 5.28. The van der Waals surface area contributed by atoms with Crippen LogP contribution in [-0.2, 0) is 9.53 Å². The zero-order chi connectivity index (χ0) is 13.7. The van der Waals surface area contributed by atoms with Crippen LogP contribution in [0, 0.1) is 0 Å². The fourth-order valence-electron chi connectivity index (χ4n) is 2.84. The number of hydrogen-bond acceptors (Lipinski definition) is 3. The van der Waals surface area contributed by atoms with Crippen LogP contribution in [0.25, 0.3) is 0 Å². The first-order valence-electron chi connectivity index (χ1n) is 7.12. The molecule has 0 saturated carbocycles. The Morgan fingerprint density at radius 1 is 1.37 bits per heavy atom. The normalized spacial score (nSPS) is 21.9. The average molecular weight is 261 g/mol. The number of carbonyl (C=O) groups excluding carboxylic acids is 1. The van der Waals surface area contributed by atoms with Gasteiger partial charge >= 0.3 is 5.97 Å². The van der Waals surface area contributed by atoms with E-state index < -0.39 is 0 Å². The minimum absolute atomic E-state index is 0.181. The predicted molar refractivity (Wildman–Crippen MR) is 75.8 cm³/mol. The molecule has 0 N–H and O–H groups in total. The largest absolute Gasteiger partial charge is 0.464 e. The quantitative estimate of drug-likeness (QED) is 0.780. The lowest BCUT2D eigenvalue weighted by Gasteiger charge is -2.39. The Hall–Kier alpha value is -1.35. The van der Waals surface area contributed by atoms with Gasteiger partial charge in [-0.15, -0.1) is 0 Å². The van der Waals surface area contributed by atoms with Crippen LogP contribution in [0.15, 0.2) is 30.3 Å². The van der Waals surface area contributed by atoms with Gasteiger partial charge in [-0.1, -0.05) is 36.8 Å². The van der Waals surface area contributed by atoms with Gasteiger partial charge in [0.05, 0.1) is 6.04 Å². The van der Waals surface area contributed by atoms with Gasteiger partial charge in [0.25, 0.3) is 0 Å². The van der Waals surface area contributed by atoms with Crippen molar-refractivity contribution in [2.75, 3.05) is 13.2 Å². The zero-order valence-corrected chi connectivity index (χ0v) is 11.8. The maximum absolute atomic E-state index is 11.1. The molecule has 1 aliphatic rings. The fourth-order valence-corrected chi connectivity index (χ4v) is 2.84. The summed E-state index contributed by atoms with van der Waals surface area (Å²) in [5.74, 6) is -0.203. The van der Waals surface area contributed by atoms with Gasteiger partial charge in [-0.25, -0.2) is 0 Å². The summed E-state index contributed by atoms with van der Waals surface area (Å²) in [5, 5.41) is 0. The summed E-state index contributed by atoms with van der Waals surface area (Å²) in [6.45, 7) is 5.27. The van der Waals surface area contributed by atoms with E-state index in [-0.39, 0.29) is 12.0 Å². The number of nitrogens with zero attached hydrogens (tertiary/aromatic N) is 1. The molecule has 1 saturated heterocycles. The van der Waals surface area contributed by atoms with Crippen molar-refractivity contribution in [3.8, 4) is 0 Å². The Morgan fingerprint density at radius 3 is 2.74 bits per heavy atom. The van der Waals surface area contributed by atoms with E-state index in [9.17, 15) is 4.79 Å². The second-order valence-electron chi connectivity index (χ2n) is 5.31. The highest BCUT2D eigenvalue weighted by molar-refractivity contribution is 5.65. The molecule has 1 heterocycles. The molecule has 0 radical (unpaired) electrons. The third-order valence-electron chi connectivity index (χ3n) is 3.88. The van der Waals surface area contributed by atoms with E-state index in [1.54, 1.807) is 0 Å². The maximum atomic E-state index is 11.1. The number of ether oxygens (including phenoxy) is 1. The van der Waals surface area contributed by atoms with Gasteiger partial charge in [-0.2, -0.15) is 0 Å². The lowest BCUT2D eigenvalue weighted by atomic mass is 9.97. The fraction of sp³-hybridized carbons (Fsp3) is 0.562. The predicted octanol–water partition coefficient (Wildman–Crippen LogP) is 3.17. The lowest BCUT2D eigenvalue weighted by Crippen LogP contribution is -2.42. The molecule has 104 valence electrons. The molecule has 0 aliphatic carbocycles. The number of hydrogen-bond donors (Lipinski definition) is 0. The summed E-state index contributed by atoms with van der Waals surface area (Å²) in [7, 11) is 0. The summed E-state index contributed by atoms with van der Waals surface area (Å²) in [5.41, 5.74) is 1.23. The van der Waals surface area contributed by atoms with Gasteiger partial charge in [0, 0.05) is 13.0 Å². The van der Waals surface area contributed by atoms with Crippen molar-refractivity contribution in [3.05, 3.63) is 35.9 Å². The molecule has 19 heavy (non-hydrogen) atoms. The van der Waals surface area contributed by atoms with E-state index in [0.29, 0.717) is 12.6 Å². The van der Waals surface area contributed by atoms with Crippen molar-refractivity contribution in [2.45, 2.75) is 45.2 Å². The molecule has 1 fully saturated rings. The van der Waals surface area contributed by atoms with Crippen molar-refractivity contribution in [1.82, 2.24) is 4.90 Å². The Bertz CT molecular complexity index is 404. The molecule has 0 unspecified atom stereocenters. The highest BCUT2D eigenvalue weighted by atomic mass is 16.5. The summed E-state index contributed by atoms with van der Waals surface area (Å²) in [4.78, 5) is 13.6. The molecule has 3 heteroatoms. The van der Waals surface area contributed by atoms with Gasteiger partial charge in [-0.05, 0) is 31.9 Å². The first kappa shape index (κ1) is 14.1. The summed E-state index contributed by atoms with van der Waals surface area (Å²) in [6.07, 6.45) is 3.75. The summed E-state index contributed by atoms with van der Waals surface area (Å²) in [6, 6.07) is 11.1. The van der Waals surface area contributed by atoms with Gasteiger partial charge in [0.2, 0.25) is 0 Å². The second kappa shape index (κ2) is 6.71. The van der Waals surface area contributed by atoms with Crippen molar-refractivity contribution < 1.29 is 9.53 Å². The van der Waals surface area contributed by atoms with Crippen LogP contribution < -0.4 is 0 Å². The minimum Gasteiger partial charge on any atom is -0.464 e. The number of rotatable bonds is 4. The van der Waals surface area contributed by atoms with E-state index >= 15 is 0 Å². The molecule has 1 aromatic carbocycles. The van der Waals surface area contributed by atoms with Crippen LogP contribution in [0.2, 0.25) is 0 Å². The first-order chi connectivity index (χ1) is 9.18. The van der Waals surface area contributed by atoms with Crippen LogP contribution in [0.4, 0.5) is 0 Å². The van der Waals surface area contributed by atoms with E-state index in [4.69, 9.17) is 4.74 Å². The third-order valence-corrected chi connectivity index (χ3v) is 3.88. The van der Waals surface area contributed by atoms with Crippen molar-refractivity contribution in [1.29, 1.82) is 0 Å². The number of benzene rings is 1. The van der Waals surface area contributed by atoms with Crippen LogP contribution in [0.1, 0.15) is 44.7 Å². The third kappa shape index (κ3) is 3.80. The molecule has 0 spiro atoms. The van der Waals surface area contributed by atoms with E-state index in [1.165, 1.54) is 31.7 Å². The van der Waals surface area contributed by atoms with E-state index in [1.807, 2.05) is 18.2 Å². The molecular weight excluding hydrogens is 238 g/mol. The molecule has 1 aliphatic heterocycles. The van der Waals surface area contributed by atoms with Crippen LogP contribution in [0.3, 0.4) is 0 Å². The number of esters is 1. The average Bonchev–Trinajstić information content (AvgIpc) is 2.42. The van der Waals surface area contributed by atoms with Crippen LogP contribution in [-0.4, -0.2) is 30.1 Å². The van der Waals surface area contributed by atoms with Crippen LogP contribution in [0.5, 0.6) is 0 Å². The standard InChI is InChI=1S/C16H23NO2/c1-13-8-6-7-11-17(13)16(12-19-14(2)18)15-9-4-3-5-10-15/h3-5,9-10,13,16H,6-8,11-12H2,1-2H3/t13-,16+/m1/s1.